The maximum absolute atomic E-state index is 6.09. The third-order valence-corrected chi connectivity index (χ3v) is 3.83. The Hall–Kier alpha value is -2.21. The molecule has 0 radical (unpaired) electrons. The van der Waals surface area contributed by atoms with Crippen molar-refractivity contribution in [3.63, 3.8) is 0 Å². The van der Waals surface area contributed by atoms with Gasteiger partial charge < -0.3 is 0 Å². The van der Waals surface area contributed by atoms with Gasteiger partial charge in [0.15, 0.2) is 0 Å². The van der Waals surface area contributed by atoms with Crippen molar-refractivity contribution in [2.75, 3.05) is 0 Å². The van der Waals surface area contributed by atoms with Crippen molar-refractivity contribution in [2.24, 2.45) is 0 Å². The molecule has 1 saturated carbocycles. The van der Waals surface area contributed by atoms with Crippen molar-refractivity contribution in [1.29, 1.82) is 0 Å². The van der Waals surface area contributed by atoms with Crippen LogP contribution in [0.15, 0.2) is 37.1 Å². The van der Waals surface area contributed by atoms with Crippen LogP contribution in [0.2, 0.25) is 5.02 Å². The predicted octanol–water partition coefficient (Wildman–Crippen LogP) is 2.44. The third-order valence-electron chi connectivity index (χ3n) is 3.60. The van der Waals surface area contributed by atoms with E-state index in [0.717, 1.165) is 16.9 Å². The predicted molar refractivity (Wildman–Crippen MR) is 77.5 cm³/mol. The van der Waals surface area contributed by atoms with Crippen molar-refractivity contribution in [2.45, 2.75) is 25.3 Å². The molecule has 1 aliphatic carbocycles. The van der Waals surface area contributed by atoms with E-state index in [1.54, 1.807) is 11.0 Å². The normalized spacial score (nSPS) is 14.5. The van der Waals surface area contributed by atoms with Gasteiger partial charge in [-0.05, 0) is 30.5 Å². The monoisotopic (exact) mass is 300 g/mol. The van der Waals surface area contributed by atoms with Crippen molar-refractivity contribution in [3.05, 3.63) is 53.3 Å². The van der Waals surface area contributed by atoms with Crippen LogP contribution in [0.25, 0.3) is 5.69 Å². The Morgan fingerprint density at radius 3 is 2.95 bits per heavy atom. The first-order chi connectivity index (χ1) is 10.3. The quantitative estimate of drug-likeness (QED) is 0.742. The second-order valence-electron chi connectivity index (χ2n) is 5.23. The van der Waals surface area contributed by atoms with Gasteiger partial charge in [-0.15, -0.1) is 5.10 Å². The zero-order chi connectivity index (χ0) is 14.2. The highest BCUT2D eigenvalue weighted by Gasteiger charge is 2.26. The Balaban J connectivity index is 1.67. The lowest BCUT2D eigenvalue weighted by Gasteiger charge is -2.09. The molecule has 6 nitrogen and oxygen atoms in total. The Morgan fingerprint density at radius 2 is 2.19 bits per heavy atom. The summed E-state index contributed by atoms with van der Waals surface area (Å²) in [7, 11) is 0. The van der Waals surface area contributed by atoms with Gasteiger partial charge in [0.25, 0.3) is 0 Å². The molecule has 0 aliphatic heterocycles. The van der Waals surface area contributed by atoms with Gasteiger partial charge in [0, 0.05) is 17.1 Å². The lowest BCUT2D eigenvalue weighted by atomic mass is 10.2. The topological polar surface area (TPSA) is 61.4 Å². The number of benzene rings is 1. The second-order valence-corrected chi connectivity index (χ2v) is 5.66. The van der Waals surface area contributed by atoms with Crippen LogP contribution in [0.4, 0.5) is 0 Å². The Morgan fingerprint density at radius 1 is 1.29 bits per heavy atom. The number of rotatable bonds is 4. The van der Waals surface area contributed by atoms with Crippen molar-refractivity contribution < 1.29 is 0 Å². The fraction of sp³-hybridized carbons (Fsp3) is 0.286. The molecule has 0 atom stereocenters. The van der Waals surface area contributed by atoms with Crippen LogP contribution in [0.3, 0.4) is 0 Å². The minimum Gasteiger partial charge on any atom is -0.248 e. The number of hydrogen-bond donors (Lipinski definition) is 0. The molecular weight excluding hydrogens is 288 g/mol. The van der Waals surface area contributed by atoms with Gasteiger partial charge in [0.1, 0.15) is 12.7 Å². The van der Waals surface area contributed by atoms with E-state index >= 15 is 0 Å². The first-order valence-electron chi connectivity index (χ1n) is 6.83. The van der Waals surface area contributed by atoms with Crippen LogP contribution in [0.5, 0.6) is 0 Å². The van der Waals surface area contributed by atoms with Crippen molar-refractivity contribution in [3.8, 4) is 5.69 Å². The average Bonchev–Trinajstić information content (AvgIpc) is 3.01. The number of aromatic nitrogens is 6. The van der Waals surface area contributed by atoms with Crippen LogP contribution < -0.4 is 0 Å². The molecule has 0 amide bonds. The molecule has 21 heavy (non-hydrogen) atoms. The largest absolute Gasteiger partial charge is 0.248 e. The first kappa shape index (κ1) is 12.5. The number of halogens is 1. The molecular formula is C14H13ClN6. The van der Waals surface area contributed by atoms with Crippen molar-refractivity contribution in [1.82, 2.24) is 29.8 Å². The van der Waals surface area contributed by atoms with E-state index in [2.05, 4.69) is 20.4 Å². The van der Waals surface area contributed by atoms with E-state index in [9.17, 15) is 0 Å². The van der Waals surface area contributed by atoms with Gasteiger partial charge in [-0.3, -0.25) is 0 Å². The smallest absolute Gasteiger partial charge is 0.138 e. The molecule has 2 heterocycles. The molecule has 3 aromatic rings. The summed E-state index contributed by atoms with van der Waals surface area (Å²) < 4.78 is 3.57. The van der Waals surface area contributed by atoms with Crippen LogP contribution in [-0.2, 0) is 6.54 Å². The van der Waals surface area contributed by atoms with Gasteiger partial charge in [-0.1, -0.05) is 22.9 Å². The summed E-state index contributed by atoms with van der Waals surface area (Å²) in [4.78, 5) is 3.99. The third kappa shape index (κ3) is 2.54. The second kappa shape index (κ2) is 4.96. The van der Waals surface area contributed by atoms with E-state index in [1.807, 2.05) is 29.1 Å². The Bertz CT molecular complexity index is 760. The van der Waals surface area contributed by atoms with Gasteiger partial charge in [-0.2, -0.15) is 5.10 Å². The highest BCUT2D eigenvalue weighted by atomic mass is 35.5. The van der Waals surface area contributed by atoms with E-state index in [1.165, 1.54) is 19.2 Å². The van der Waals surface area contributed by atoms with E-state index in [4.69, 9.17) is 11.6 Å². The van der Waals surface area contributed by atoms with Gasteiger partial charge >= 0.3 is 0 Å². The van der Waals surface area contributed by atoms with Gasteiger partial charge in [0.05, 0.1) is 17.9 Å². The first-order valence-corrected chi connectivity index (χ1v) is 7.21. The Kier molecular flexibility index (Phi) is 2.96. The van der Waals surface area contributed by atoms with Crippen LogP contribution in [-0.4, -0.2) is 29.8 Å². The number of hydrogen-bond acceptors (Lipinski definition) is 4. The molecule has 0 bridgehead atoms. The lowest BCUT2D eigenvalue weighted by Crippen LogP contribution is -2.06. The molecule has 4 rings (SSSR count). The summed E-state index contributed by atoms with van der Waals surface area (Å²) in [5, 5.41) is 13.3. The molecule has 1 aromatic carbocycles. The molecule has 0 saturated heterocycles. The molecule has 2 aromatic heterocycles. The summed E-state index contributed by atoms with van der Waals surface area (Å²) in [6, 6.07) is 5.73. The Labute approximate surface area is 126 Å². The van der Waals surface area contributed by atoms with E-state index < -0.39 is 0 Å². The van der Waals surface area contributed by atoms with Crippen LogP contribution >= 0.6 is 11.6 Å². The van der Waals surface area contributed by atoms with E-state index in [-0.39, 0.29) is 0 Å². The standard InChI is InChI=1S/C14H13ClN6/c15-12-4-3-11(14(5-12)21-9-16-8-17-21)6-20-7-13(18-19-20)10-1-2-10/h3-5,7-10H,1-2,6H2. The van der Waals surface area contributed by atoms with Gasteiger partial charge in [0.2, 0.25) is 0 Å². The summed E-state index contributed by atoms with van der Waals surface area (Å²) in [5.74, 6) is 0.610. The maximum atomic E-state index is 6.09. The molecule has 0 N–H and O–H groups in total. The minimum absolute atomic E-state index is 0.610. The summed E-state index contributed by atoms with van der Waals surface area (Å²) in [6.07, 6.45) is 7.64. The lowest BCUT2D eigenvalue weighted by molar-refractivity contribution is 0.644. The fourth-order valence-corrected chi connectivity index (χ4v) is 2.51. The highest BCUT2D eigenvalue weighted by Crippen LogP contribution is 2.38. The highest BCUT2D eigenvalue weighted by molar-refractivity contribution is 6.30. The molecule has 0 spiro atoms. The zero-order valence-corrected chi connectivity index (χ0v) is 12.0. The van der Waals surface area contributed by atoms with Crippen LogP contribution in [0.1, 0.15) is 30.0 Å². The molecule has 1 fully saturated rings. The molecule has 0 unspecified atom stereocenters. The minimum atomic E-state index is 0.610. The van der Waals surface area contributed by atoms with E-state index in [0.29, 0.717) is 17.5 Å². The summed E-state index contributed by atoms with van der Waals surface area (Å²) in [6.45, 7) is 0.631. The molecule has 7 heteroatoms. The average molecular weight is 301 g/mol. The zero-order valence-electron chi connectivity index (χ0n) is 11.2. The summed E-state index contributed by atoms with van der Waals surface area (Å²) >= 11 is 6.09. The van der Waals surface area contributed by atoms with Crippen LogP contribution in [0, 0.1) is 0 Å². The number of nitrogens with zero attached hydrogens (tertiary/aromatic N) is 6. The fourth-order valence-electron chi connectivity index (χ4n) is 2.35. The molecule has 106 valence electrons. The SMILES string of the molecule is Clc1ccc(Cn2cc(C3CC3)nn2)c(-n2cncn2)c1. The van der Waals surface area contributed by atoms with Gasteiger partial charge in [-0.25, -0.2) is 14.3 Å². The van der Waals surface area contributed by atoms with Crippen molar-refractivity contribution >= 4 is 11.6 Å². The maximum Gasteiger partial charge on any atom is 0.138 e. The molecule has 1 aliphatic rings. The summed E-state index contributed by atoms with van der Waals surface area (Å²) in [5.41, 5.74) is 3.06.